The van der Waals surface area contributed by atoms with E-state index in [0.717, 1.165) is 44.9 Å². The third-order valence-corrected chi connectivity index (χ3v) is 8.14. The Kier molecular flexibility index (Phi) is 4.05. The lowest BCUT2D eigenvalue weighted by Crippen LogP contribution is -2.65. The number of nitrogens with two attached hydrogens (primary N) is 1. The van der Waals surface area contributed by atoms with Crippen molar-refractivity contribution >= 4 is 11.9 Å². The number of carbonyl (C=O) groups excluding carboxylic acids is 2. The smallest absolute Gasteiger partial charge is 0.320 e. The Morgan fingerprint density at radius 3 is 2.61 bits per heavy atom. The molecule has 28 heavy (non-hydrogen) atoms. The molecule has 7 heteroatoms. The first-order chi connectivity index (χ1) is 13.4. The first kappa shape index (κ1) is 18.4. The number of rotatable bonds is 5. The number of carbonyl (C=O) groups is 2. The number of nitrogens with one attached hydrogen (secondary N) is 1. The molecule has 4 bridgehead atoms. The van der Waals surface area contributed by atoms with E-state index in [2.05, 4.69) is 11.4 Å². The van der Waals surface area contributed by atoms with Gasteiger partial charge in [-0.2, -0.15) is 5.26 Å². The zero-order valence-corrected chi connectivity index (χ0v) is 16.5. The zero-order valence-electron chi connectivity index (χ0n) is 16.5. The number of amides is 1. The lowest BCUT2D eigenvalue weighted by molar-refractivity contribution is -0.205. The Morgan fingerprint density at radius 2 is 1.96 bits per heavy atom. The number of esters is 1. The minimum absolute atomic E-state index is 0.0461. The maximum Gasteiger partial charge on any atom is 0.320 e. The van der Waals surface area contributed by atoms with E-state index in [0.29, 0.717) is 24.2 Å². The number of fused-ring (bicyclic) bond motifs is 1. The van der Waals surface area contributed by atoms with E-state index in [4.69, 9.17) is 10.5 Å². The highest BCUT2D eigenvalue weighted by molar-refractivity contribution is 5.84. The molecule has 1 heterocycles. The molecule has 5 aliphatic carbocycles. The molecule has 0 aromatic rings. The first-order valence-corrected chi connectivity index (χ1v) is 10.7. The van der Waals surface area contributed by atoms with E-state index >= 15 is 0 Å². The molecule has 0 aromatic heterocycles. The van der Waals surface area contributed by atoms with Gasteiger partial charge in [0, 0.05) is 6.04 Å². The summed E-state index contributed by atoms with van der Waals surface area (Å²) in [6.45, 7) is 0.204. The van der Waals surface area contributed by atoms with Gasteiger partial charge in [-0.05, 0) is 81.6 Å². The molecule has 1 aliphatic heterocycles. The molecular weight excluding hydrogens is 356 g/mol. The predicted molar refractivity (Wildman–Crippen MR) is 101 cm³/mol. The Bertz CT molecular complexity index is 732. The van der Waals surface area contributed by atoms with Crippen molar-refractivity contribution in [2.24, 2.45) is 28.9 Å². The van der Waals surface area contributed by atoms with Crippen LogP contribution in [0.5, 0.6) is 0 Å². The number of nitrogens with zero attached hydrogens (tertiary/aromatic N) is 2. The molecule has 1 amide bonds. The predicted octanol–water partition coefficient (Wildman–Crippen LogP) is 0.928. The van der Waals surface area contributed by atoms with Gasteiger partial charge in [-0.3, -0.25) is 9.59 Å². The maximum absolute atomic E-state index is 13.4. The largest absolute Gasteiger partial charge is 0.458 e. The van der Waals surface area contributed by atoms with Crippen LogP contribution in [0, 0.1) is 34.5 Å². The van der Waals surface area contributed by atoms with Crippen LogP contribution in [0.2, 0.25) is 0 Å². The Hall–Kier alpha value is -1.65. The Balaban J connectivity index is 1.39. The van der Waals surface area contributed by atoms with Gasteiger partial charge < -0.3 is 20.7 Å². The second-order valence-corrected chi connectivity index (χ2v) is 10.2. The van der Waals surface area contributed by atoms with E-state index < -0.39 is 11.6 Å². The normalized spacial score (nSPS) is 46.0. The summed E-state index contributed by atoms with van der Waals surface area (Å²) >= 11 is 0. The van der Waals surface area contributed by atoms with Gasteiger partial charge in [-0.1, -0.05) is 0 Å². The summed E-state index contributed by atoms with van der Waals surface area (Å²) in [4.78, 5) is 27.5. The highest BCUT2D eigenvalue weighted by atomic mass is 16.6. The number of hydrogen-bond donors (Lipinski definition) is 2. The van der Waals surface area contributed by atoms with Gasteiger partial charge >= 0.3 is 5.97 Å². The average Bonchev–Trinajstić information content (AvgIpc) is 3.29. The van der Waals surface area contributed by atoms with Crippen LogP contribution < -0.4 is 11.1 Å². The molecule has 6 aliphatic rings. The zero-order chi connectivity index (χ0) is 19.7. The Morgan fingerprint density at radius 1 is 1.25 bits per heavy atom. The van der Waals surface area contributed by atoms with E-state index in [1.165, 1.54) is 0 Å². The second-order valence-electron chi connectivity index (χ2n) is 10.2. The fraction of sp³-hybridized carbons (Fsp3) is 0.857. The Labute approximate surface area is 165 Å². The number of likely N-dealkylation sites (N-methyl/N-ethyl adjacent to an activating group) is 1. The van der Waals surface area contributed by atoms with Gasteiger partial charge in [0.2, 0.25) is 5.91 Å². The molecule has 0 spiro atoms. The van der Waals surface area contributed by atoms with Crippen molar-refractivity contribution in [1.82, 2.24) is 10.2 Å². The van der Waals surface area contributed by atoms with Crippen LogP contribution in [0.1, 0.15) is 51.4 Å². The minimum Gasteiger partial charge on any atom is -0.458 e. The quantitative estimate of drug-likeness (QED) is 0.681. The standard InChI is InChI=1S/C21H30N4O3/c1-24-10-17(26)28-21-7-12-2-13(8-21)6-20(5-12,11-21)18(23)19(27)25-15(9-22)3-14-4-16(14)25/h12-16,18,24H,2-8,10-11,23H2,1H3. The lowest BCUT2D eigenvalue weighted by Gasteiger charge is -2.62. The molecular formula is C21H30N4O3. The highest BCUT2D eigenvalue weighted by Crippen LogP contribution is 2.64. The number of likely N-dealkylation sites (tertiary alicyclic amines) is 1. The first-order valence-electron chi connectivity index (χ1n) is 10.7. The van der Waals surface area contributed by atoms with E-state index in [9.17, 15) is 14.9 Å². The van der Waals surface area contributed by atoms with Crippen molar-refractivity contribution in [2.45, 2.75) is 75.1 Å². The molecule has 3 N–H and O–H groups in total. The maximum atomic E-state index is 13.4. The summed E-state index contributed by atoms with van der Waals surface area (Å²) in [5.74, 6) is 1.17. The van der Waals surface area contributed by atoms with Gasteiger partial charge in [0.25, 0.3) is 0 Å². The molecule has 0 aromatic carbocycles. The van der Waals surface area contributed by atoms with Crippen LogP contribution >= 0.6 is 0 Å². The molecule has 6 rings (SSSR count). The van der Waals surface area contributed by atoms with Crippen molar-refractivity contribution in [3.8, 4) is 6.07 Å². The van der Waals surface area contributed by atoms with Crippen molar-refractivity contribution in [3.63, 3.8) is 0 Å². The fourth-order valence-electron chi connectivity index (χ4n) is 7.46. The second kappa shape index (κ2) is 6.17. The number of hydrogen-bond acceptors (Lipinski definition) is 6. The van der Waals surface area contributed by atoms with Gasteiger partial charge in [0.1, 0.15) is 11.6 Å². The summed E-state index contributed by atoms with van der Waals surface area (Å²) in [7, 11) is 1.74. The van der Waals surface area contributed by atoms with Gasteiger partial charge in [-0.15, -0.1) is 0 Å². The summed E-state index contributed by atoms with van der Waals surface area (Å²) in [6.07, 6.45) is 7.34. The van der Waals surface area contributed by atoms with Crippen LogP contribution in [0.25, 0.3) is 0 Å². The van der Waals surface area contributed by atoms with Crippen molar-refractivity contribution < 1.29 is 14.3 Å². The number of ether oxygens (including phenoxy) is 1. The van der Waals surface area contributed by atoms with Crippen LogP contribution in [0.3, 0.4) is 0 Å². The molecule has 5 saturated carbocycles. The SMILES string of the molecule is CNCC(=O)OC12CC3CC(C1)CC(C(N)C(=O)N1C(C#N)CC4CC41)(C3)C2. The number of nitriles is 1. The molecule has 7 nitrogen and oxygen atoms in total. The van der Waals surface area contributed by atoms with E-state index in [1.807, 2.05) is 0 Å². The molecule has 1 saturated heterocycles. The van der Waals surface area contributed by atoms with Crippen LogP contribution in [0.4, 0.5) is 0 Å². The summed E-state index contributed by atoms with van der Waals surface area (Å²) < 4.78 is 6.01. The van der Waals surface area contributed by atoms with Gasteiger partial charge in [0.05, 0.1) is 18.7 Å². The van der Waals surface area contributed by atoms with Crippen LogP contribution in [-0.2, 0) is 14.3 Å². The molecule has 0 radical (unpaired) electrons. The average molecular weight is 386 g/mol. The van der Waals surface area contributed by atoms with Crippen molar-refractivity contribution in [2.75, 3.05) is 13.6 Å². The van der Waals surface area contributed by atoms with E-state index in [1.54, 1.807) is 11.9 Å². The summed E-state index contributed by atoms with van der Waals surface area (Å²) in [5, 5.41) is 12.3. The third-order valence-electron chi connectivity index (χ3n) is 8.14. The minimum atomic E-state index is -0.601. The monoisotopic (exact) mass is 386 g/mol. The van der Waals surface area contributed by atoms with Gasteiger partial charge in [-0.25, -0.2) is 0 Å². The summed E-state index contributed by atoms with van der Waals surface area (Å²) in [5.41, 5.74) is 5.93. The van der Waals surface area contributed by atoms with Crippen LogP contribution in [0.15, 0.2) is 0 Å². The van der Waals surface area contributed by atoms with Crippen LogP contribution in [-0.4, -0.2) is 54.1 Å². The van der Waals surface area contributed by atoms with Crippen molar-refractivity contribution in [3.05, 3.63) is 0 Å². The van der Waals surface area contributed by atoms with Gasteiger partial charge in [0.15, 0.2) is 0 Å². The molecule has 6 atom stereocenters. The number of piperidine rings is 1. The fourth-order valence-corrected chi connectivity index (χ4v) is 7.46. The third kappa shape index (κ3) is 2.68. The highest BCUT2D eigenvalue weighted by Gasteiger charge is 2.64. The molecule has 6 unspecified atom stereocenters. The van der Waals surface area contributed by atoms with Crippen molar-refractivity contribution in [1.29, 1.82) is 5.26 Å². The lowest BCUT2D eigenvalue weighted by atomic mass is 9.46. The molecule has 6 fully saturated rings. The topological polar surface area (TPSA) is 108 Å². The summed E-state index contributed by atoms with van der Waals surface area (Å²) in [6, 6.07) is 1.61. The molecule has 152 valence electrons. The van der Waals surface area contributed by atoms with E-state index in [-0.39, 0.29) is 35.9 Å².